The molecule has 0 saturated carbocycles. The van der Waals surface area contributed by atoms with Crippen LogP contribution in [0.15, 0.2) is 47.6 Å². The molecular formula is C17H18ClN3O3. The first-order chi connectivity index (χ1) is 11.6. The molecule has 0 aromatic heterocycles. The predicted molar refractivity (Wildman–Crippen MR) is 95.0 cm³/mol. The molecule has 2 aromatic carbocycles. The fourth-order valence-electron chi connectivity index (χ4n) is 2.01. The predicted octanol–water partition coefficient (Wildman–Crippen LogP) is 3.05. The van der Waals surface area contributed by atoms with E-state index in [0.717, 1.165) is 0 Å². The minimum Gasteiger partial charge on any atom is -0.490 e. The van der Waals surface area contributed by atoms with Crippen molar-refractivity contribution in [2.45, 2.75) is 6.92 Å². The summed E-state index contributed by atoms with van der Waals surface area (Å²) in [5, 5.41) is 6.49. The number of carbonyl (C=O) groups excluding carboxylic acids is 1. The molecule has 0 bridgehead atoms. The second-order valence-electron chi connectivity index (χ2n) is 4.74. The van der Waals surface area contributed by atoms with Gasteiger partial charge in [-0.1, -0.05) is 29.8 Å². The Morgan fingerprint density at radius 2 is 2.04 bits per heavy atom. The summed E-state index contributed by atoms with van der Waals surface area (Å²) in [6, 6.07) is 12.4. The van der Waals surface area contributed by atoms with E-state index < -0.39 is 0 Å². The molecule has 0 radical (unpaired) electrons. The van der Waals surface area contributed by atoms with E-state index in [-0.39, 0.29) is 12.5 Å². The monoisotopic (exact) mass is 347 g/mol. The lowest BCUT2D eigenvalue weighted by Crippen LogP contribution is -2.20. The van der Waals surface area contributed by atoms with Gasteiger partial charge in [-0.25, -0.2) is 0 Å². The molecular weight excluding hydrogens is 330 g/mol. The quantitative estimate of drug-likeness (QED) is 0.458. The van der Waals surface area contributed by atoms with Gasteiger partial charge in [-0.15, -0.1) is 0 Å². The molecule has 2 aromatic rings. The summed E-state index contributed by atoms with van der Waals surface area (Å²) in [6.45, 7) is 2.06. The molecule has 24 heavy (non-hydrogen) atoms. The molecule has 0 aliphatic rings. The molecule has 0 saturated heterocycles. The third kappa shape index (κ3) is 4.89. The number of nitrogens with two attached hydrogens (primary N) is 1. The molecule has 0 spiro atoms. The molecule has 6 nitrogen and oxygen atoms in total. The maximum Gasteiger partial charge on any atom is 0.262 e. The molecule has 3 N–H and O–H groups in total. The van der Waals surface area contributed by atoms with Gasteiger partial charge in [-0.05, 0) is 36.8 Å². The number of anilines is 1. The Morgan fingerprint density at radius 1 is 1.29 bits per heavy atom. The second kappa shape index (κ2) is 8.79. The average Bonchev–Trinajstić information content (AvgIpc) is 2.55. The zero-order valence-electron chi connectivity index (χ0n) is 13.2. The van der Waals surface area contributed by atoms with E-state index in [1.165, 1.54) is 6.21 Å². The fourth-order valence-corrected chi connectivity index (χ4v) is 2.28. The minimum atomic E-state index is -0.299. The number of hydrogen-bond acceptors (Lipinski definition) is 5. The summed E-state index contributed by atoms with van der Waals surface area (Å²) in [5.74, 6) is 5.57. The Bertz CT molecular complexity index is 721. The van der Waals surface area contributed by atoms with Crippen LogP contribution in [0.4, 0.5) is 5.69 Å². The SMILES string of the molecule is CCOc1cc(C=NN)cc(Cl)c1OCC(=O)Nc1ccccc1. The highest BCUT2D eigenvalue weighted by atomic mass is 35.5. The van der Waals surface area contributed by atoms with E-state index in [0.29, 0.717) is 34.4 Å². The van der Waals surface area contributed by atoms with Crippen molar-refractivity contribution in [2.75, 3.05) is 18.5 Å². The van der Waals surface area contributed by atoms with Crippen molar-refractivity contribution in [3.05, 3.63) is 53.1 Å². The molecule has 0 heterocycles. The van der Waals surface area contributed by atoms with Gasteiger partial charge in [0.15, 0.2) is 18.1 Å². The first-order valence-electron chi connectivity index (χ1n) is 7.31. The summed E-state index contributed by atoms with van der Waals surface area (Å²) < 4.78 is 11.1. The van der Waals surface area contributed by atoms with E-state index in [1.54, 1.807) is 24.3 Å². The molecule has 1 amide bonds. The Labute approximate surface area is 145 Å². The van der Waals surface area contributed by atoms with Crippen molar-refractivity contribution in [2.24, 2.45) is 10.9 Å². The van der Waals surface area contributed by atoms with Crippen molar-refractivity contribution >= 4 is 29.4 Å². The van der Waals surface area contributed by atoms with Crippen LogP contribution in [0.25, 0.3) is 0 Å². The van der Waals surface area contributed by atoms with Crippen molar-refractivity contribution in [1.29, 1.82) is 0 Å². The highest BCUT2D eigenvalue weighted by Gasteiger charge is 2.14. The lowest BCUT2D eigenvalue weighted by Gasteiger charge is -2.14. The lowest BCUT2D eigenvalue weighted by molar-refractivity contribution is -0.118. The topological polar surface area (TPSA) is 85.9 Å². The Kier molecular flexibility index (Phi) is 6.45. The van der Waals surface area contributed by atoms with Crippen LogP contribution in [0, 0.1) is 0 Å². The van der Waals surface area contributed by atoms with Gasteiger partial charge < -0.3 is 20.6 Å². The molecule has 7 heteroatoms. The summed E-state index contributed by atoms with van der Waals surface area (Å²) in [6.07, 6.45) is 1.44. The van der Waals surface area contributed by atoms with E-state index in [2.05, 4.69) is 10.4 Å². The van der Waals surface area contributed by atoms with Crippen LogP contribution in [0.1, 0.15) is 12.5 Å². The van der Waals surface area contributed by atoms with Gasteiger partial charge in [0.2, 0.25) is 0 Å². The number of halogens is 1. The van der Waals surface area contributed by atoms with Crippen LogP contribution in [-0.4, -0.2) is 25.3 Å². The highest BCUT2D eigenvalue weighted by molar-refractivity contribution is 6.32. The van der Waals surface area contributed by atoms with Gasteiger partial charge in [-0.2, -0.15) is 5.10 Å². The van der Waals surface area contributed by atoms with Crippen molar-refractivity contribution < 1.29 is 14.3 Å². The molecule has 0 aliphatic carbocycles. The van der Waals surface area contributed by atoms with Crippen LogP contribution in [0.3, 0.4) is 0 Å². The third-order valence-corrected chi connectivity index (χ3v) is 3.24. The number of amides is 1. The van der Waals surface area contributed by atoms with Gasteiger partial charge in [0.05, 0.1) is 17.8 Å². The van der Waals surface area contributed by atoms with Crippen molar-refractivity contribution in [3.8, 4) is 11.5 Å². The number of hydrogen-bond donors (Lipinski definition) is 2. The summed E-state index contributed by atoms with van der Waals surface area (Å²) in [7, 11) is 0. The van der Waals surface area contributed by atoms with Crippen LogP contribution in [0.2, 0.25) is 5.02 Å². The van der Waals surface area contributed by atoms with E-state index in [4.69, 9.17) is 26.9 Å². The normalized spacial score (nSPS) is 10.6. The van der Waals surface area contributed by atoms with Gasteiger partial charge in [0.1, 0.15) is 0 Å². The maximum atomic E-state index is 12.0. The molecule has 0 fully saturated rings. The van der Waals surface area contributed by atoms with Gasteiger partial charge in [0.25, 0.3) is 5.91 Å². The number of para-hydroxylation sites is 1. The maximum absolute atomic E-state index is 12.0. The first kappa shape index (κ1) is 17.6. The van der Waals surface area contributed by atoms with E-state index in [1.807, 2.05) is 25.1 Å². The molecule has 0 unspecified atom stereocenters. The number of rotatable bonds is 7. The van der Waals surface area contributed by atoms with Crippen LogP contribution >= 0.6 is 11.6 Å². The summed E-state index contributed by atoms with van der Waals surface area (Å²) >= 11 is 6.21. The number of hydrazone groups is 1. The largest absolute Gasteiger partial charge is 0.490 e. The number of ether oxygens (including phenoxy) is 2. The highest BCUT2D eigenvalue weighted by Crippen LogP contribution is 2.36. The smallest absolute Gasteiger partial charge is 0.262 e. The van der Waals surface area contributed by atoms with Crippen LogP contribution < -0.4 is 20.6 Å². The first-order valence-corrected chi connectivity index (χ1v) is 7.69. The average molecular weight is 348 g/mol. The van der Waals surface area contributed by atoms with Crippen molar-refractivity contribution in [1.82, 2.24) is 0 Å². The number of nitrogens with zero attached hydrogens (tertiary/aromatic N) is 1. The lowest BCUT2D eigenvalue weighted by atomic mass is 10.2. The van der Waals surface area contributed by atoms with Crippen molar-refractivity contribution in [3.63, 3.8) is 0 Å². The Balaban J connectivity index is 2.09. The van der Waals surface area contributed by atoms with E-state index in [9.17, 15) is 4.79 Å². The zero-order chi connectivity index (χ0) is 17.4. The second-order valence-corrected chi connectivity index (χ2v) is 5.15. The summed E-state index contributed by atoms with van der Waals surface area (Å²) in [5.41, 5.74) is 1.36. The van der Waals surface area contributed by atoms with Gasteiger partial charge in [-0.3, -0.25) is 4.79 Å². The molecule has 0 atom stereocenters. The molecule has 2 rings (SSSR count). The van der Waals surface area contributed by atoms with Gasteiger partial charge in [0, 0.05) is 5.69 Å². The van der Waals surface area contributed by atoms with Crippen LogP contribution in [0.5, 0.6) is 11.5 Å². The van der Waals surface area contributed by atoms with E-state index >= 15 is 0 Å². The fraction of sp³-hybridized carbons (Fsp3) is 0.176. The molecule has 0 aliphatic heterocycles. The third-order valence-electron chi connectivity index (χ3n) is 2.96. The zero-order valence-corrected chi connectivity index (χ0v) is 13.9. The minimum absolute atomic E-state index is 0.195. The molecule has 126 valence electrons. The summed E-state index contributed by atoms with van der Waals surface area (Å²) in [4.78, 5) is 12.0. The number of benzene rings is 2. The standard InChI is InChI=1S/C17H18ClN3O3/c1-2-23-15-9-12(10-20-19)8-14(18)17(15)24-11-16(22)21-13-6-4-3-5-7-13/h3-10H,2,11,19H2,1H3,(H,21,22). The Morgan fingerprint density at radius 3 is 2.71 bits per heavy atom. The number of carbonyl (C=O) groups is 1. The Hall–Kier alpha value is -2.73. The van der Waals surface area contributed by atoms with Gasteiger partial charge >= 0.3 is 0 Å². The van der Waals surface area contributed by atoms with Crippen LogP contribution in [-0.2, 0) is 4.79 Å². The number of nitrogens with one attached hydrogen (secondary N) is 1.